The van der Waals surface area contributed by atoms with Gasteiger partial charge in [0.25, 0.3) is 0 Å². The monoisotopic (exact) mass is 527 g/mol. The van der Waals surface area contributed by atoms with Gasteiger partial charge in [0.1, 0.15) is 12.6 Å². The second-order valence-corrected chi connectivity index (χ2v) is 10.9. The summed E-state index contributed by atoms with van der Waals surface area (Å²) < 4.78 is 26.6. The Hall–Kier alpha value is -2.29. The third-order valence-corrected chi connectivity index (χ3v) is 7.30. The molecular formula is C24H31Cl2N3O4S. The van der Waals surface area contributed by atoms with Crippen molar-refractivity contribution in [3.63, 3.8) is 0 Å². The number of carbonyl (C=O) groups is 2. The van der Waals surface area contributed by atoms with Crippen LogP contribution in [0.15, 0.2) is 36.4 Å². The standard InChI is InChI=1S/C24H31Cl2N3O4S/c1-6-13-27-24(31)18(4)28(14-19-20(25)11-8-12-21(19)26)22(30)15-29(34(5,32)33)23-16(2)9-7-10-17(23)3/h7-12,18H,6,13-15H2,1-5H3,(H,27,31)/t18-/m1/s1. The molecule has 0 fully saturated rings. The van der Waals surface area contributed by atoms with Gasteiger partial charge in [-0.1, -0.05) is 54.4 Å². The molecule has 0 saturated heterocycles. The van der Waals surface area contributed by atoms with E-state index in [2.05, 4.69) is 5.32 Å². The Labute approximate surface area is 212 Å². The van der Waals surface area contributed by atoms with Gasteiger partial charge in [-0.3, -0.25) is 13.9 Å². The molecule has 0 heterocycles. The molecule has 2 amide bonds. The van der Waals surface area contributed by atoms with Crippen LogP contribution in [0.3, 0.4) is 0 Å². The minimum absolute atomic E-state index is 0.0532. The zero-order valence-electron chi connectivity index (χ0n) is 20.1. The highest BCUT2D eigenvalue weighted by atomic mass is 35.5. The number of sulfonamides is 1. The maximum atomic E-state index is 13.6. The molecule has 0 spiro atoms. The molecule has 0 aliphatic rings. The van der Waals surface area contributed by atoms with Crippen LogP contribution in [0.25, 0.3) is 0 Å². The number of para-hydroxylation sites is 1. The summed E-state index contributed by atoms with van der Waals surface area (Å²) in [7, 11) is -3.81. The lowest BCUT2D eigenvalue weighted by Gasteiger charge is -2.32. The Morgan fingerprint density at radius 3 is 2.06 bits per heavy atom. The number of benzene rings is 2. The Morgan fingerprint density at radius 2 is 1.56 bits per heavy atom. The van der Waals surface area contributed by atoms with Crippen molar-refractivity contribution in [3.05, 3.63) is 63.1 Å². The molecule has 34 heavy (non-hydrogen) atoms. The van der Waals surface area contributed by atoms with Gasteiger partial charge in [0.2, 0.25) is 21.8 Å². The van der Waals surface area contributed by atoms with E-state index in [1.807, 2.05) is 13.0 Å². The van der Waals surface area contributed by atoms with Gasteiger partial charge in [0, 0.05) is 28.7 Å². The van der Waals surface area contributed by atoms with Crippen molar-refractivity contribution in [3.8, 4) is 0 Å². The van der Waals surface area contributed by atoms with Crippen LogP contribution in [0.2, 0.25) is 10.0 Å². The van der Waals surface area contributed by atoms with E-state index in [9.17, 15) is 18.0 Å². The first-order valence-electron chi connectivity index (χ1n) is 10.9. The molecule has 2 rings (SSSR count). The van der Waals surface area contributed by atoms with Crippen molar-refractivity contribution in [2.75, 3.05) is 23.7 Å². The number of carbonyl (C=O) groups excluding carboxylic acids is 2. The summed E-state index contributed by atoms with van der Waals surface area (Å²) in [4.78, 5) is 27.7. The lowest BCUT2D eigenvalue weighted by atomic mass is 10.1. The molecule has 0 unspecified atom stereocenters. The zero-order chi connectivity index (χ0) is 25.6. The largest absolute Gasteiger partial charge is 0.354 e. The fraction of sp³-hybridized carbons (Fsp3) is 0.417. The molecule has 0 bridgehead atoms. The van der Waals surface area contributed by atoms with E-state index in [1.54, 1.807) is 51.1 Å². The maximum Gasteiger partial charge on any atom is 0.244 e. The van der Waals surface area contributed by atoms with Crippen molar-refractivity contribution >= 4 is 50.7 Å². The quantitative estimate of drug-likeness (QED) is 0.498. The Balaban J connectivity index is 2.49. The summed E-state index contributed by atoms with van der Waals surface area (Å²) in [5.41, 5.74) is 2.35. The van der Waals surface area contributed by atoms with E-state index in [0.29, 0.717) is 39.0 Å². The molecule has 0 aliphatic carbocycles. The van der Waals surface area contributed by atoms with E-state index in [4.69, 9.17) is 23.2 Å². The first-order chi connectivity index (χ1) is 15.9. The van der Waals surface area contributed by atoms with Gasteiger partial charge >= 0.3 is 0 Å². The predicted octanol–water partition coefficient (Wildman–Crippen LogP) is 4.32. The molecule has 0 saturated carbocycles. The number of rotatable bonds is 10. The Kier molecular flexibility index (Phi) is 9.79. The fourth-order valence-electron chi connectivity index (χ4n) is 3.61. The molecule has 0 aliphatic heterocycles. The summed E-state index contributed by atoms with van der Waals surface area (Å²) in [5.74, 6) is -0.903. The summed E-state index contributed by atoms with van der Waals surface area (Å²) in [6.45, 7) is 7.01. The van der Waals surface area contributed by atoms with E-state index >= 15 is 0 Å². The van der Waals surface area contributed by atoms with E-state index in [0.717, 1.165) is 17.0 Å². The number of anilines is 1. The molecule has 1 N–H and O–H groups in total. The molecule has 186 valence electrons. The first-order valence-corrected chi connectivity index (χ1v) is 13.5. The predicted molar refractivity (Wildman–Crippen MR) is 138 cm³/mol. The zero-order valence-corrected chi connectivity index (χ0v) is 22.4. The molecule has 2 aromatic rings. The SMILES string of the molecule is CCCNC(=O)[C@@H](C)N(Cc1c(Cl)cccc1Cl)C(=O)CN(c1c(C)cccc1C)S(C)(=O)=O. The first kappa shape index (κ1) is 28.0. The van der Waals surface area contributed by atoms with Gasteiger partial charge in [-0.25, -0.2) is 8.42 Å². The van der Waals surface area contributed by atoms with Crippen LogP contribution in [0, 0.1) is 13.8 Å². The van der Waals surface area contributed by atoms with Crippen LogP contribution in [-0.4, -0.2) is 50.5 Å². The van der Waals surface area contributed by atoms with Crippen LogP contribution < -0.4 is 9.62 Å². The third kappa shape index (κ3) is 6.87. The maximum absolute atomic E-state index is 13.6. The number of aryl methyl sites for hydroxylation is 2. The fourth-order valence-corrected chi connectivity index (χ4v) is 5.09. The second kappa shape index (κ2) is 11.9. The summed E-state index contributed by atoms with van der Waals surface area (Å²) in [6.07, 6.45) is 1.79. The van der Waals surface area contributed by atoms with Crippen LogP contribution >= 0.6 is 23.2 Å². The minimum Gasteiger partial charge on any atom is -0.354 e. The van der Waals surface area contributed by atoms with Gasteiger partial charge in [-0.05, 0) is 50.5 Å². The molecule has 1 atom stereocenters. The number of hydrogen-bond donors (Lipinski definition) is 1. The molecule has 0 radical (unpaired) electrons. The summed E-state index contributed by atoms with van der Waals surface area (Å²) in [6, 6.07) is 9.48. The average Bonchev–Trinajstić information content (AvgIpc) is 2.75. The van der Waals surface area contributed by atoms with Crippen molar-refractivity contribution in [2.24, 2.45) is 0 Å². The van der Waals surface area contributed by atoms with Gasteiger partial charge in [-0.2, -0.15) is 0 Å². The Morgan fingerprint density at radius 1 is 1.03 bits per heavy atom. The van der Waals surface area contributed by atoms with E-state index in [1.165, 1.54) is 4.90 Å². The smallest absolute Gasteiger partial charge is 0.244 e. The molecule has 2 aromatic carbocycles. The minimum atomic E-state index is -3.81. The highest BCUT2D eigenvalue weighted by Crippen LogP contribution is 2.29. The van der Waals surface area contributed by atoms with E-state index in [-0.39, 0.29) is 12.5 Å². The molecular weight excluding hydrogens is 497 g/mol. The van der Waals surface area contributed by atoms with Gasteiger partial charge < -0.3 is 10.2 Å². The average molecular weight is 529 g/mol. The van der Waals surface area contributed by atoms with Gasteiger partial charge in [-0.15, -0.1) is 0 Å². The van der Waals surface area contributed by atoms with Crippen molar-refractivity contribution in [1.82, 2.24) is 10.2 Å². The second-order valence-electron chi connectivity index (χ2n) is 8.20. The lowest BCUT2D eigenvalue weighted by molar-refractivity contribution is -0.139. The van der Waals surface area contributed by atoms with E-state index < -0.39 is 28.5 Å². The topological polar surface area (TPSA) is 86.8 Å². The number of amides is 2. The van der Waals surface area contributed by atoms with Crippen molar-refractivity contribution in [2.45, 2.75) is 46.7 Å². The van der Waals surface area contributed by atoms with Crippen molar-refractivity contribution < 1.29 is 18.0 Å². The van der Waals surface area contributed by atoms with Crippen LogP contribution in [0.1, 0.15) is 37.0 Å². The van der Waals surface area contributed by atoms with Crippen LogP contribution in [0.4, 0.5) is 5.69 Å². The Bertz CT molecular complexity index is 1110. The highest BCUT2D eigenvalue weighted by molar-refractivity contribution is 7.92. The van der Waals surface area contributed by atoms with Crippen molar-refractivity contribution in [1.29, 1.82) is 0 Å². The summed E-state index contributed by atoms with van der Waals surface area (Å²) in [5, 5.41) is 3.48. The van der Waals surface area contributed by atoms with Crippen LogP contribution in [-0.2, 0) is 26.2 Å². The normalized spacial score (nSPS) is 12.2. The molecule has 10 heteroatoms. The number of nitrogens with one attached hydrogen (secondary N) is 1. The number of hydrogen-bond acceptors (Lipinski definition) is 4. The highest BCUT2D eigenvalue weighted by Gasteiger charge is 2.31. The molecule has 0 aromatic heterocycles. The number of nitrogens with zero attached hydrogens (tertiary/aromatic N) is 2. The lowest BCUT2D eigenvalue weighted by Crippen LogP contribution is -2.51. The van der Waals surface area contributed by atoms with Crippen LogP contribution in [0.5, 0.6) is 0 Å². The summed E-state index contributed by atoms with van der Waals surface area (Å²) >= 11 is 12.7. The van der Waals surface area contributed by atoms with Gasteiger partial charge in [0.05, 0.1) is 11.9 Å². The third-order valence-electron chi connectivity index (χ3n) is 5.47. The molecule has 7 nitrogen and oxygen atoms in total. The number of halogens is 2. The van der Waals surface area contributed by atoms with Gasteiger partial charge in [0.15, 0.2) is 0 Å².